The molecule has 0 saturated heterocycles. The van der Waals surface area contributed by atoms with Gasteiger partial charge in [-0.2, -0.15) is 0 Å². The summed E-state index contributed by atoms with van der Waals surface area (Å²) in [6, 6.07) is 6.78. The maximum atomic E-state index is 10.8. The molecule has 4 N–H and O–H groups in total. The summed E-state index contributed by atoms with van der Waals surface area (Å²) >= 11 is 0. The summed E-state index contributed by atoms with van der Waals surface area (Å²) in [5.74, 6) is -0.335. The normalized spacial score (nSPS) is 10.4. The zero-order chi connectivity index (χ0) is 11.0. The fraction of sp³-hybridized carbons (Fsp3) is 0. The summed E-state index contributed by atoms with van der Waals surface area (Å²) in [4.78, 5) is 13.1. The first-order valence-corrected chi connectivity index (χ1v) is 4.20. The molecule has 0 radical (unpaired) electrons. The van der Waals surface area contributed by atoms with E-state index in [-0.39, 0.29) is 17.2 Å². The molecule has 0 saturated carbocycles. The van der Waals surface area contributed by atoms with E-state index in [1.807, 2.05) is 0 Å². The maximum absolute atomic E-state index is 10.8. The highest BCUT2D eigenvalue weighted by Crippen LogP contribution is 2.28. The van der Waals surface area contributed by atoms with Crippen molar-refractivity contribution >= 4 is 22.4 Å². The lowest BCUT2D eigenvalue weighted by Gasteiger charge is -1.92. The molecule has 76 valence electrons. The number of nitrogens with two attached hydrogens (primary N) is 1. The van der Waals surface area contributed by atoms with Crippen LogP contribution >= 0.6 is 0 Å². The summed E-state index contributed by atoms with van der Waals surface area (Å²) in [5, 5.41) is 18.5. The monoisotopic (exact) mass is 204 g/mol. The van der Waals surface area contributed by atoms with E-state index >= 15 is 0 Å². The van der Waals surface area contributed by atoms with Gasteiger partial charge >= 0.3 is 5.69 Å². The van der Waals surface area contributed by atoms with Crippen LogP contribution < -0.4 is 5.73 Å². The zero-order valence-electron chi connectivity index (χ0n) is 7.65. The van der Waals surface area contributed by atoms with Crippen LogP contribution in [0.25, 0.3) is 10.9 Å². The van der Waals surface area contributed by atoms with Crippen molar-refractivity contribution in [2.45, 2.75) is 0 Å². The number of nitrogens with one attached hydrogen (secondary N) is 2. The molecule has 1 heterocycles. The average Bonchev–Trinajstić information content (AvgIpc) is 2.56. The number of nitro groups is 1. The first kappa shape index (κ1) is 9.20. The molecule has 2 rings (SSSR count). The van der Waals surface area contributed by atoms with E-state index in [4.69, 9.17) is 11.1 Å². The Hall–Kier alpha value is -2.37. The average molecular weight is 204 g/mol. The summed E-state index contributed by atoms with van der Waals surface area (Å²) in [6.07, 6.45) is 0. The number of nitrogen functional groups attached to an aromatic ring is 1. The number of aromatic nitrogens is 1. The molecule has 2 aromatic rings. The first-order valence-electron chi connectivity index (χ1n) is 4.20. The molecule has 6 nitrogen and oxygen atoms in total. The lowest BCUT2D eigenvalue weighted by molar-refractivity contribution is -0.383. The number of rotatable bonds is 2. The number of amidine groups is 1. The number of hydrogen-bond donors (Lipinski definition) is 3. The minimum absolute atomic E-state index is 0.0567. The van der Waals surface area contributed by atoms with Gasteiger partial charge in [0.1, 0.15) is 5.84 Å². The van der Waals surface area contributed by atoms with Crippen LogP contribution in [0.5, 0.6) is 0 Å². The van der Waals surface area contributed by atoms with Crippen molar-refractivity contribution in [2.75, 3.05) is 0 Å². The van der Waals surface area contributed by atoms with Gasteiger partial charge in [-0.25, -0.2) is 0 Å². The highest BCUT2D eigenvalue weighted by Gasteiger charge is 2.22. The van der Waals surface area contributed by atoms with E-state index < -0.39 is 4.92 Å². The van der Waals surface area contributed by atoms with E-state index in [0.717, 1.165) is 0 Å². The number of para-hydroxylation sites is 1. The Morgan fingerprint density at radius 1 is 1.47 bits per heavy atom. The zero-order valence-corrected chi connectivity index (χ0v) is 7.65. The molecule has 1 aromatic carbocycles. The van der Waals surface area contributed by atoms with Gasteiger partial charge in [0.05, 0.1) is 15.8 Å². The summed E-state index contributed by atoms with van der Waals surface area (Å²) in [7, 11) is 0. The molecule has 0 aliphatic heterocycles. The van der Waals surface area contributed by atoms with Crippen LogP contribution in [0.2, 0.25) is 0 Å². The lowest BCUT2D eigenvalue weighted by Crippen LogP contribution is -2.13. The number of benzene rings is 1. The third-order valence-corrected chi connectivity index (χ3v) is 2.13. The molecule has 0 bridgehead atoms. The molecule has 0 fully saturated rings. The Balaban J connectivity index is 2.86. The molecular formula is C9H8N4O2. The van der Waals surface area contributed by atoms with E-state index in [9.17, 15) is 10.1 Å². The van der Waals surface area contributed by atoms with Crippen molar-refractivity contribution < 1.29 is 4.92 Å². The van der Waals surface area contributed by atoms with E-state index in [2.05, 4.69) is 4.98 Å². The van der Waals surface area contributed by atoms with Gasteiger partial charge in [-0.15, -0.1) is 0 Å². The number of nitrogens with zero attached hydrogens (tertiary/aromatic N) is 1. The van der Waals surface area contributed by atoms with Crippen LogP contribution in [-0.4, -0.2) is 15.7 Å². The van der Waals surface area contributed by atoms with E-state index in [1.165, 1.54) is 0 Å². The Labute approximate surface area is 84.4 Å². The molecule has 6 heteroatoms. The van der Waals surface area contributed by atoms with Gasteiger partial charge in [0.15, 0.2) is 5.69 Å². The Morgan fingerprint density at radius 2 is 2.13 bits per heavy atom. The Kier molecular flexibility index (Phi) is 1.89. The van der Waals surface area contributed by atoms with Gasteiger partial charge in [-0.05, 0) is 12.1 Å². The molecular weight excluding hydrogens is 196 g/mol. The predicted octanol–water partition coefficient (Wildman–Crippen LogP) is 1.36. The van der Waals surface area contributed by atoms with Crippen LogP contribution in [0.3, 0.4) is 0 Å². The first-order chi connectivity index (χ1) is 7.11. The standard InChI is InChI=1S/C9H8N4O2/c10-9(11)7-8(13(14)15)5-3-1-2-4-6(5)12-7/h1-4,12H,(H3,10,11). The van der Waals surface area contributed by atoms with Gasteiger partial charge in [-0.1, -0.05) is 12.1 Å². The second-order valence-electron chi connectivity index (χ2n) is 3.06. The number of hydrogen-bond acceptors (Lipinski definition) is 3. The van der Waals surface area contributed by atoms with Crippen molar-refractivity contribution in [3.8, 4) is 0 Å². The van der Waals surface area contributed by atoms with Crippen LogP contribution in [0.1, 0.15) is 5.69 Å². The molecule has 0 amide bonds. The Bertz CT molecular complexity index is 558. The Morgan fingerprint density at radius 3 is 2.73 bits per heavy atom. The fourth-order valence-corrected chi connectivity index (χ4v) is 1.51. The van der Waals surface area contributed by atoms with Gasteiger partial charge < -0.3 is 10.7 Å². The summed E-state index contributed by atoms with van der Waals surface area (Å²) in [6.45, 7) is 0. The van der Waals surface area contributed by atoms with Crippen molar-refractivity contribution in [3.05, 3.63) is 40.1 Å². The third-order valence-electron chi connectivity index (χ3n) is 2.13. The largest absolute Gasteiger partial charge is 0.382 e. The minimum atomic E-state index is -0.532. The summed E-state index contributed by atoms with van der Waals surface area (Å²) < 4.78 is 0. The highest BCUT2D eigenvalue weighted by atomic mass is 16.6. The number of aromatic amines is 1. The molecule has 0 atom stereocenters. The molecule has 15 heavy (non-hydrogen) atoms. The van der Waals surface area contributed by atoms with Gasteiger partial charge in [-0.3, -0.25) is 15.5 Å². The number of fused-ring (bicyclic) bond motifs is 1. The molecule has 1 aromatic heterocycles. The lowest BCUT2D eigenvalue weighted by atomic mass is 10.2. The maximum Gasteiger partial charge on any atom is 0.305 e. The van der Waals surface area contributed by atoms with E-state index in [0.29, 0.717) is 10.9 Å². The van der Waals surface area contributed by atoms with Crippen molar-refractivity contribution in [1.82, 2.24) is 4.98 Å². The molecule has 0 spiro atoms. The summed E-state index contributed by atoms with van der Waals surface area (Å²) in [5.41, 5.74) is 5.79. The van der Waals surface area contributed by atoms with Crippen molar-refractivity contribution in [2.24, 2.45) is 5.73 Å². The topological polar surface area (TPSA) is 109 Å². The minimum Gasteiger partial charge on any atom is -0.382 e. The number of H-pyrrole nitrogens is 1. The second-order valence-corrected chi connectivity index (χ2v) is 3.06. The molecule has 0 aliphatic rings. The second kappa shape index (κ2) is 3.09. The van der Waals surface area contributed by atoms with Gasteiger partial charge in [0, 0.05) is 0 Å². The van der Waals surface area contributed by atoms with Gasteiger partial charge in [0.2, 0.25) is 0 Å². The van der Waals surface area contributed by atoms with Crippen LogP contribution in [0.15, 0.2) is 24.3 Å². The quantitative estimate of drug-likeness (QED) is 0.297. The highest BCUT2D eigenvalue weighted by molar-refractivity contribution is 6.06. The van der Waals surface area contributed by atoms with Gasteiger partial charge in [0.25, 0.3) is 0 Å². The SMILES string of the molecule is N=C(N)c1[nH]c2ccccc2c1[N+](=O)[O-]. The van der Waals surface area contributed by atoms with Crippen LogP contribution in [-0.2, 0) is 0 Å². The van der Waals surface area contributed by atoms with Crippen LogP contribution in [0, 0.1) is 15.5 Å². The molecule has 0 aliphatic carbocycles. The molecule has 0 unspecified atom stereocenters. The van der Waals surface area contributed by atoms with Crippen molar-refractivity contribution in [1.29, 1.82) is 5.41 Å². The van der Waals surface area contributed by atoms with Crippen molar-refractivity contribution in [3.63, 3.8) is 0 Å². The van der Waals surface area contributed by atoms with Crippen LogP contribution in [0.4, 0.5) is 5.69 Å². The smallest absolute Gasteiger partial charge is 0.305 e. The predicted molar refractivity (Wildman–Crippen MR) is 56.0 cm³/mol. The third kappa shape index (κ3) is 1.32. The fourth-order valence-electron chi connectivity index (χ4n) is 1.51. The van der Waals surface area contributed by atoms with E-state index in [1.54, 1.807) is 24.3 Å².